The first kappa shape index (κ1) is 12.1. The maximum atomic E-state index is 11.5. The summed E-state index contributed by atoms with van der Waals surface area (Å²) in [5, 5.41) is 8.19. The number of rotatable bonds is 2. The second kappa shape index (κ2) is 5.31. The van der Waals surface area contributed by atoms with Crippen LogP contribution in [0.25, 0.3) is 0 Å². The molecule has 2 rings (SSSR count). The van der Waals surface area contributed by atoms with E-state index in [4.69, 9.17) is 16.3 Å². The van der Waals surface area contributed by atoms with Crippen LogP contribution in [0.5, 0.6) is 0 Å². The van der Waals surface area contributed by atoms with Gasteiger partial charge >= 0.3 is 5.97 Å². The number of halogens is 1. The molecule has 0 spiro atoms. The second-order valence-corrected chi connectivity index (χ2v) is 4.41. The fraction of sp³-hybridized carbons (Fsp3) is 0.545. The number of anilines is 1. The predicted molar refractivity (Wildman–Crippen MR) is 64.0 cm³/mol. The average Bonchev–Trinajstić information content (AvgIpc) is 2.39. The van der Waals surface area contributed by atoms with E-state index in [1.165, 1.54) is 7.11 Å². The number of carbonyl (C=O) groups excluding carboxylic acids is 1. The SMILES string of the molecule is COC(=O)C1CCCN(c2ccc(Cl)nn2)C1. The van der Waals surface area contributed by atoms with Crippen LogP contribution in [0.1, 0.15) is 12.8 Å². The molecule has 0 bridgehead atoms. The summed E-state index contributed by atoms with van der Waals surface area (Å²) in [6.07, 6.45) is 1.81. The van der Waals surface area contributed by atoms with Crippen molar-refractivity contribution in [2.75, 3.05) is 25.1 Å². The van der Waals surface area contributed by atoms with Gasteiger partial charge in [0.05, 0.1) is 13.0 Å². The minimum Gasteiger partial charge on any atom is -0.469 e. The fourth-order valence-electron chi connectivity index (χ4n) is 2.02. The maximum absolute atomic E-state index is 11.5. The van der Waals surface area contributed by atoms with Crippen molar-refractivity contribution in [1.29, 1.82) is 0 Å². The summed E-state index contributed by atoms with van der Waals surface area (Å²) in [7, 11) is 1.42. The highest BCUT2D eigenvalue weighted by molar-refractivity contribution is 6.29. The molecular formula is C11H14ClN3O2. The Kier molecular flexibility index (Phi) is 3.78. The number of piperidine rings is 1. The first-order chi connectivity index (χ1) is 8.20. The van der Waals surface area contributed by atoms with E-state index in [2.05, 4.69) is 10.2 Å². The Balaban J connectivity index is 2.06. The van der Waals surface area contributed by atoms with E-state index in [0.717, 1.165) is 25.2 Å². The predicted octanol–water partition coefficient (Wildman–Crippen LogP) is 1.52. The number of hydrogen-bond acceptors (Lipinski definition) is 5. The molecule has 1 aromatic rings. The van der Waals surface area contributed by atoms with Gasteiger partial charge in [-0.25, -0.2) is 0 Å². The molecule has 92 valence electrons. The highest BCUT2D eigenvalue weighted by Crippen LogP contribution is 2.22. The van der Waals surface area contributed by atoms with Gasteiger partial charge in [0.2, 0.25) is 0 Å². The largest absolute Gasteiger partial charge is 0.469 e. The summed E-state index contributed by atoms with van der Waals surface area (Å²) >= 11 is 5.69. The van der Waals surface area contributed by atoms with Gasteiger partial charge in [0.25, 0.3) is 0 Å². The molecule has 1 aliphatic heterocycles. The van der Waals surface area contributed by atoms with Gasteiger partial charge < -0.3 is 9.64 Å². The Morgan fingerprint density at radius 3 is 3.00 bits per heavy atom. The first-order valence-corrected chi connectivity index (χ1v) is 5.90. The zero-order chi connectivity index (χ0) is 12.3. The normalized spacial score (nSPS) is 20.1. The van der Waals surface area contributed by atoms with E-state index in [1.54, 1.807) is 6.07 Å². The van der Waals surface area contributed by atoms with E-state index in [-0.39, 0.29) is 11.9 Å². The molecule has 1 atom stereocenters. The summed E-state index contributed by atoms with van der Waals surface area (Å²) < 4.78 is 4.77. The van der Waals surface area contributed by atoms with Gasteiger partial charge in [0.15, 0.2) is 11.0 Å². The molecule has 5 nitrogen and oxygen atoms in total. The summed E-state index contributed by atoms with van der Waals surface area (Å²) in [6.45, 7) is 1.51. The van der Waals surface area contributed by atoms with Gasteiger partial charge in [-0.3, -0.25) is 4.79 Å². The van der Waals surface area contributed by atoms with Gasteiger partial charge in [-0.1, -0.05) is 11.6 Å². The highest BCUT2D eigenvalue weighted by Gasteiger charge is 2.27. The number of aromatic nitrogens is 2. The molecular weight excluding hydrogens is 242 g/mol. The lowest BCUT2D eigenvalue weighted by molar-refractivity contribution is -0.145. The van der Waals surface area contributed by atoms with Crippen LogP contribution in [0.4, 0.5) is 5.82 Å². The summed E-state index contributed by atoms with van der Waals surface area (Å²) in [5.74, 6) is 0.519. The van der Waals surface area contributed by atoms with Gasteiger partial charge in [-0.15, -0.1) is 10.2 Å². The lowest BCUT2D eigenvalue weighted by Crippen LogP contribution is -2.39. The van der Waals surface area contributed by atoms with Crippen molar-refractivity contribution in [3.63, 3.8) is 0 Å². The zero-order valence-corrected chi connectivity index (χ0v) is 10.4. The number of esters is 1. The molecule has 1 unspecified atom stereocenters. The van der Waals surface area contributed by atoms with Crippen LogP contribution in [0.2, 0.25) is 5.15 Å². The van der Waals surface area contributed by atoms with Crippen LogP contribution in [0.15, 0.2) is 12.1 Å². The Bertz CT molecular complexity index is 396. The van der Waals surface area contributed by atoms with Crippen molar-refractivity contribution >= 4 is 23.4 Å². The highest BCUT2D eigenvalue weighted by atomic mass is 35.5. The van der Waals surface area contributed by atoms with Crippen LogP contribution in [0.3, 0.4) is 0 Å². The minimum absolute atomic E-state index is 0.0776. The average molecular weight is 256 g/mol. The molecule has 1 aliphatic rings. The molecule has 0 aromatic carbocycles. The summed E-state index contributed by atoms with van der Waals surface area (Å²) in [6, 6.07) is 3.51. The van der Waals surface area contributed by atoms with Crippen molar-refractivity contribution in [3.8, 4) is 0 Å². The van der Waals surface area contributed by atoms with Crippen LogP contribution >= 0.6 is 11.6 Å². The van der Waals surface area contributed by atoms with E-state index >= 15 is 0 Å². The van der Waals surface area contributed by atoms with Crippen LogP contribution < -0.4 is 4.90 Å². The van der Waals surface area contributed by atoms with Crippen molar-refractivity contribution in [3.05, 3.63) is 17.3 Å². The number of methoxy groups -OCH3 is 1. The second-order valence-electron chi connectivity index (χ2n) is 4.02. The lowest BCUT2D eigenvalue weighted by Gasteiger charge is -2.31. The Morgan fingerprint density at radius 2 is 2.35 bits per heavy atom. The lowest BCUT2D eigenvalue weighted by atomic mass is 9.98. The van der Waals surface area contributed by atoms with E-state index < -0.39 is 0 Å². The fourth-order valence-corrected chi connectivity index (χ4v) is 2.12. The molecule has 1 aromatic heterocycles. The first-order valence-electron chi connectivity index (χ1n) is 5.52. The van der Waals surface area contributed by atoms with Crippen LogP contribution in [0, 0.1) is 5.92 Å². The van der Waals surface area contributed by atoms with Crippen molar-refractivity contribution in [2.24, 2.45) is 5.92 Å². The molecule has 0 radical (unpaired) electrons. The van der Waals surface area contributed by atoms with Gasteiger partial charge in [0.1, 0.15) is 0 Å². The number of carbonyl (C=O) groups is 1. The Hall–Kier alpha value is -1.36. The molecule has 17 heavy (non-hydrogen) atoms. The summed E-state index contributed by atoms with van der Waals surface area (Å²) in [5.41, 5.74) is 0. The monoisotopic (exact) mass is 255 g/mol. The Labute approximate surface area is 105 Å². The smallest absolute Gasteiger partial charge is 0.310 e. The van der Waals surface area contributed by atoms with Crippen molar-refractivity contribution in [1.82, 2.24) is 10.2 Å². The molecule has 1 saturated heterocycles. The minimum atomic E-state index is -0.156. The molecule has 6 heteroatoms. The summed E-state index contributed by atoms with van der Waals surface area (Å²) in [4.78, 5) is 13.5. The Morgan fingerprint density at radius 1 is 1.53 bits per heavy atom. The topological polar surface area (TPSA) is 55.3 Å². The molecule has 0 N–H and O–H groups in total. The third-order valence-electron chi connectivity index (χ3n) is 2.90. The molecule has 2 heterocycles. The van der Waals surface area contributed by atoms with E-state index in [9.17, 15) is 4.79 Å². The van der Waals surface area contributed by atoms with E-state index in [0.29, 0.717) is 11.7 Å². The molecule has 0 aliphatic carbocycles. The standard InChI is InChI=1S/C11H14ClN3O2/c1-17-11(16)8-3-2-6-15(7-8)10-5-4-9(12)13-14-10/h4-5,8H,2-3,6-7H2,1H3. The van der Waals surface area contributed by atoms with Crippen LogP contribution in [-0.4, -0.2) is 36.4 Å². The van der Waals surface area contributed by atoms with Crippen LogP contribution in [-0.2, 0) is 9.53 Å². The molecule has 0 saturated carbocycles. The third-order valence-corrected chi connectivity index (χ3v) is 3.10. The third kappa shape index (κ3) is 2.85. The quantitative estimate of drug-likeness (QED) is 0.750. The number of ether oxygens (including phenoxy) is 1. The maximum Gasteiger partial charge on any atom is 0.310 e. The van der Waals surface area contributed by atoms with Crippen molar-refractivity contribution in [2.45, 2.75) is 12.8 Å². The van der Waals surface area contributed by atoms with Gasteiger partial charge in [-0.05, 0) is 25.0 Å². The number of nitrogens with zero attached hydrogens (tertiary/aromatic N) is 3. The van der Waals surface area contributed by atoms with Gasteiger partial charge in [0, 0.05) is 13.1 Å². The molecule has 0 amide bonds. The van der Waals surface area contributed by atoms with Gasteiger partial charge in [-0.2, -0.15) is 0 Å². The zero-order valence-electron chi connectivity index (χ0n) is 9.60. The van der Waals surface area contributed by atoms with E-state index in [1.807, 2.05) is 11.0 Å². The van der Waals surface area contributed by atoms with Crippen molar-refractivity contribution < 1.29 is 9.53 Å². The number of hydrogen-bond donors (Lipinski definition) is 0. The molecule has 1 fully saturated rings.